The van der Waals surface area contributed by atoms with Gasteiger partial charge in [0.2, 0.25) is 17.5 Å². The van der Waals surface area contributed by atoms with Gasteiger partial charge in [0.25, 0.3) is 5.89 Å². The second-order valence-corrected chi connectivity index (χ2v) is 6.67. The number of aromatic nitrogens is 4. The Bertz CT molecular complexity index is 1090. The van der Waals surface area contributed by atoms with Crippen molar-refractivity contribution in [3.63, 3.8) is 0 Å². The highest BCUT2D eigenvalue weighted by atomic mass is 16.5. The van der Waals surface area contributed by atoms with E-state index in [1.54, 1.807) is 7.11 Å². The molecule has 0 atom stereocenters. The third-order valence-electron chi connectivity index (χ3n) is 4.48. The van der Waals surface area contributed by atoms with Crippen molar-refractivity contribution in [3.8, 4) is 34.3 Å². The number of hydrogen-bond donors (Lipinski definition) is 0. The molecule has 2 heterocycles. The van der Waals surface area contributed by atoms with Gasteiger partial charge in [0.1, 0.15) is 11.5 Å². The van der Waals surface area contributed by atoms with Gasteiger partial charge in [-0.3, -0.25) is 0 Å². The van der Waals surface area contributed by atoms with Crippen LogP contribution in [0.15, 0.2) is 57.6 Å². The largest absolute Gasteiger partial charge is 0.497 e. The van der Waals surface area contributed by atoms with E-state index in [0.29, 0.717) is 29.2 Å². The first-order valence-electron chi connectivity index (χ1n) is 9.78. The summed E-state index contributed by atoms with van der Waals surface area (Å²) in [5, 5.41) is 8.04. The summed E-state index contributed by atoms with van der Waals surface area (Å²) in [7, 11) is 1.62. The third kappa shape index (κ3) is 4.65. The lowest BCUT2D eigenvalue weighted by molar-refractivity contribution is 0.243. The lowest BCUT2D eigenvalue weighted by Crippen LogP contribution is -1.96. The van der Waals surface area contributed by atoms with Gasteiger partial charge >= 0.3 is 0 Å². The Morgan fingerprint density at radius 1 is 0.833 bits per heavy atom. The monoisotopic (exact) mass is 406 g/mol. The maximum atomic E-state index is 5.75. The van der Waals surface area contributed by atoms with Crippen molar-refractivity contribution in [2.45, 2.75) is 32.8 Å². The molecular formula is C22H22N4O4. The summed E-state index contributed by atoms with van der Waals surface area (Å²) in [6.45, 7) is 2.30. The molecule has 154 valence electrons. The molecule has 0 N–H and O–H groups in total. The summed E-state index contributed by atoms with van der Waals surface area (Å²) >= 11 is 0. The minimum Gasteiger partial charge on any atom is -0.497 e. The average Bonchev–Trinajstić information content (AvgIpc) is 3.46. The van der Waals surface area contributed by atoms with Gasteiger partial charge in [0.05, 0.1) is 7.11 Å². The molecule has 0 bridgehead atoms. The fourth-order valence-electron chi connectivity index (χ4n) is 2.84. The van der Waals surface area contributed by atoms with Crippen LogP contribution in [0.3, 0.4) is 0 Å². The van der Waals surface area contributed by atoms with E-state index in [9.17, 15) is 0 Å². The molecule has 0 saturated carbocycles. The zero-order chi connectivity index (χ0) is 20.8. The highest BCUT2D eigenvalue weighted by Gasteiger charge is 2.11. The average molecular weight is 406 g/mol. The summed E-state index contributed by atoms with van der Waals surface area (Å²) in [5.74, 6) is 3.52. The van der Waals surface area contributed by atoms with E-state index in [0.717, 1.165) is 36.1 Å². The van der Waals surface area contributed by atoms with Crippen LogP contribution >= 0.6 is 0 Å². The van der Waals surface area contributed by atoms with Gasteiger partial charge in [-0.2, -0.15) is 9.97 Å². The lowest BCUT2D eigenvalue weighted by atomic mass is 10.2. The van der Waals surface area contributed by atoms with E-state index in [-0.39, 0.29) is 6.61 Å². The maximum Gasteiger partial charge on any atom is 0.264 e. The van der Waals surface area contributed by atoms with E-state index < -0.39 is 0 Å². The molecule has 30 heavy (non-hydrogen) atoms. The molecule has 0 unspecified atom stereocenters. The van der Waals surface area contributed by atoms with Crippen LogP contribution in [0, 0.1) is 0 Å². The molecule has 8 heteroatoms. The number of rotatable bonds is 9. The van der Waals surface area contributed by atoms with Crippen molar-refractivity contribution in [1.29, 1.82) is 0 Å². The molecular weight excluding hydrogens is 384 g/mol. The van der Waals surface area contributed by atoms with Gasteiger partial charge in [-0.25, -0.2) is 0 Å². The number of aryl methyl sites for hydroxylation is 1. The Morgan fingerprint density at radius 2 is 1.57 bits per heavy atom. The van der Waals surface area contributed by atoms with Gasteiger partial charge in [0.15, 0.2) is 6.61 Å². The van der Waals surface area contributed by atoms with Crippen molar-refractivity contribution >= 4 is 0 Å². The van der Waals surface area contributed by atoms with Crippen LogP contribution in [0.25, 0.3) is 22.8 Å². The maximum absolute atomic E-state index is 5.75. The SMILES string of the molecule is CCCCc1nc(-c2ccc(OCc3nc(-c4cccc(OC)c4)no3)cc2)no1. The van der Waals surface area contributed by atoms with Crippen molar-refractivity contribution in [2.24, 2.45) is 0 Å². The standard InChI is InChI=1S/C22H22N4O4/c1-3-4-8-19-23-21(25-29-19)15-9-11-17(12-10-15)28-14-20-24-22(26-30-20)16-6-5-7-18(13-16)27-2/h5-7,9-13H,3-4,8,14H2,1-2H3. The summed E-state index contributed by atoms with van der Waals surface area (Å²) in [5.41, 5.74) is 1.68. The van der Waals surface area contributed by atoms with E-state index in [1.165, 1.54) is 0 Å². The first-order valence-corrected chi connectivity index (χ1v) is 9.78. The lowest BCUT2D eigenvalue weighted by Gasteiger charge is -2.03. The molecule has 8 nitrogen and oxygen atoms in total. The first kappa shape index (κ1) is 19.6. The minimum absolute atomic E-state index is 0.166. The molecule has 2 aromatic heterocycles. The molecule has 0 aliphatic rings. The van der Waals surface area contributed by atoms with Gasteiger partial charge in [0, 0.05) is 17.5 Å². The molecule has 0 radical (unpaired) electrons. The van der Waals surface area contributed by atoms with E-state index in [2.05, 4.69) is 27.2 Å². The van der Waals surface area contributed by atoms with Crippen LogP contribution in [-0.2, 0) is 13.0 Å². The van der Waals surface area contributed by atoms with Gasteiger partial charge in [-0.15, -0.1) is 0 Å². The third-order valence-corrected chi connectivity index (χ3v) is 4.48. The quantitative estimate of drug-likeness (QED) is 0.394. The molecule has 0 aliphatic carbocycles. The Labute approximate surface area is 173 Å². The Kier molecular flexibility index (Phi) is 6.03. The van der Waals surface area contributed by atoms with Crippen molar-refractivity contribution < 1.29 is 18.5 Å². The van der Waals surface area contributed by atoms with E-state index in [4.69, 9.17) is 18.5 Å². The van der Waals surface area contributed by atoms with Crippen LogP contribution < -0.4 is 9.47 Å². The zero-order valence-corrected chi connectivity index (χ0v) is 16.9. The summed E-state index contributed by atoms with van der Waals surface area (Å²) in [4.78, 5) is 8.80. The number of nitrogens with zero attached hydrogens (tertiary/aromatic N) is 4. The van der Waals surface area contributed by atoms with Crippen molar-refractivity contribution in [2.75, 3.05) is 7.11 Å². The highest BCUT2D eigenvalue weighted by molar-refractivity contribution is 5.57. The second-order valence-electron chi connectivity index (χ2n) is 6.67. The molecule has 0 amide bonds. The Balaban J connectivity index is 1.36. The Morgan fingerprint density at radius 3 is 2.33 bits per heavy atom. The number of methoxy groups -OCH3 is 1. The number of ether oxygens (including phenoxy) is 2. The fraction of sp³-hybridized carbons (Fsp3) is 0.273. The normalized spacial score (nSPS) is 10.9. The predicted molar refractivity (Wildman–Crippen MR) is 109 cm³/mol. The van der Waals surface area contributed by atoms with Crippen LogP contribution in [-0.4, -0.2) is 27.4 Å². The molecule has 0 spiro atoms. The van der Waals surface area contributed by atoms with E-state index in [1.807, 2.05) is 48.5 Å². The number of benzene rings is 2. The number of hydrogen-bond acceptors (Lipinski definition) is 8. The van der Waals surface area contributed by atoms with Gasteiger partial charge in [-0.1, -0.05) is 35.8 Å². The first-order chi connectivity index (χ1) is 14.7. The molecule has 4 aromatic rings. The summed E-state index contributed by atoms with van der Waals surface area (Å²) in [6, 6.07) is 14.9. The molecule has 0 fully saturated rings. The zero-order valence-electron chi connectivity index (χ0n) is 16.9. The molecule has 2 aromatic carbocycles. The van der Waals surface area contributed by atoms with Crippen LogP contribution in [0.2, 0.25) is 0 Å². The van der Waals surface area contributed by atoms with E-state index >= 15 is 0 Å². The fourth-order valence-corrected chi connectivity index (χ4v) is 2.84. The van der Waals surface area contributed by atoms with Crippen LogP contribution in [0.4, 0.5) is 0 Å². The summed E-state index contributed by atoms with van der Waals surface area (Å²) < 4.78 is 21.5. The van der Waals surface area contributed by atoms with Crippen molar-refractivity contribution in [1.82, 2.24) is 20.3 Å². The summed E-state index contributed by atoms with van der Waals surface area (Å²) in [6.07, 6.45) is 2.92. The molecule has 4 rings (SSSR count). The van der Waals surface area contributed by atoms with Gasteiger partial charge < -0.3 is 18.5 Å². The topological polar surface area (TPSA) is 96.3 Å². The van der Waals surface area contributed by atoms with Crippen LogP contribution in [0.5, 0.6) is 11.5 Å². The Hall–Kier alpha value is -3.68. The second kappa shape index (κ2) is 9.21. The highest BCUT2D eigenvalue weighted by Crippen LogP contribution is 2.23. The van der Waals surface area contributed by atoms with Gasteiger partial charge in [-0.05, 0) is 42.8 Å². The predicted octanol–water partition coefficient (Wildman–Crippen LogP) is 4.72. The smallest absolute Gasteiger partial charge is 0.264 e. The minimum atomic E-state index is 0.166. The molecule has 0 aliphatic heterocycles. The van der Waals surface area contributed by atoms with Crippen molar-refractivity contribution in [3.05, 3.63) is 60.3 Å². The number of unbranched alkanes of at least 4 members (excludes halogenated alkanes) is 1. The molecule has 0 saturated heterocycles. The van der Waals surface area contributed by atoms with Crippen LogP contribution in [0.1, 0.15) is 31.5 Å².